The molecule has 0 fully saturated rings. The standard InChI is InChI=1S/C40H58O/c1-30(18-13-20-32(3)23-25-37-34(5)22-15-27-39(37,7)8)16-11-12-17-31(2)19-14-21-33(4)24-26-38-35(6)28-36(41)29-40(38,9)10/h11-13,16-18,20-21,23-26,28,36,38,41H,14-15,19,22,27,29H2,1-10H3/b12-11+,18-13+,25-23-,26-24-,30-16+,31-17+,32-20+,33-21+/t36-,38-/m0/s1. The summed E-state index contributed by atoms with van der Waals surface area (Å²) < 4.78 is 0. The van der Waals surface area contributed by atoms with Crippen molar-refractivity contribution >= 4 is 0 Å². The SMILES string of the molecule is CC1=C[C@H](O)CC(C)(C)[C@H]1/C=C\C(C)=C\CC/C(C)=C/C=C/C=C(C)/C=C/C=C(C)/C=C\C1=C(C)CCCC1(C)C. The number of rotatable bonds is 11. The summed E-state index contributed by atoms with van der Waals surface area (Å²) in [5.74, 6) is 0.380. The summed E-state index contributed by atoms with van der Waals surface area (Å²) in [6.07, 6.45) is 35.1. The van der Waals surface area contributed by atoms with Crippen LogP contribution < -0.4 is 0 Å². The molecule has 1 N–H and O–H groups in total. The molecule has 2 atom stereocenters. The molecule has 0 aromatic rings. The van der Waals surface area contributed by atoms with Crippen LogP contribution in [0.5, 0.6) is 0 Å². The highest BCUT2D eigenvalue weighted by Gasteiger charge is 2.34. The molecule has 0 radical (unpaired) electrons. The first-order chi connectivity index (χ1) is 19.2. The van der Waals surface area contributed by atoms with Gasteiger partial charge in [-0.2, -0.15) is 0 Å². The van der Waals surface area contributed by atoms with Crippen LogP contribution in [0.3, 0.4) is 0 Å². The number of hydrogen-bond donors (Lipinski definition) is 1. The van der Waals surface area contributed by atoms with Gasteiger partial charge in [0.25, 0.3) is 0 Å². The van der Waals surface area contributed by atoms with Crippen molar-refractivity contribution in [2.45, 2.75) is 114 Å². The van der Waals surface area contributed by atoms with E-state index in [0.29, 0.717) is 5.92 Å². The second kappa shape index (κ2) is 16.1. The third kappa shape index (κ3) is 12.0. The Morgan fingerprint density at radius 3 is 2.22 bits per heavy atom. The Balaban J connectivity index is 1.83. The summed E-state index contributed by atoms with van der Waals surface area (Å²) in [4.78, 5) is 0. The van der Waals surface area contributed by atoms with Crippen molar-refractivity contribution in [1.82, 2.24) is 0 Å². The molecule has 0 amide bonds. The average Bonchev–Trinajstić information content (AvgIpc) is 2.84. The minimum atomic E-state index is -0.313. The lowest BCUT2D eigenvalue weighted by Gasteiger charge is -2.38. The summed E-state index contributed by atoms with van der Waals surface area (Å²) in [6, 6.07) is 0. The van der Waals surface area contributed by atoms with Gasteiger partial charge in [-0.25, -0.2) is 0 Å². The predicted molar refractivity (Wildman–Crippen MR) is 183 cm³/mol. The van der Waals surface area contributed by atoms with Gasteiger partial charge in [0.15, 0.2) is 0 Å². The molecule has 0 saturated carbocycles. The van der Waals surface area contributed by atoms with Crippen LogP contribution in [0.15, 0.2) is 118 Å². The van der Waals surface area contributed by atoms with E-state index in [1.54, 1.807) is 5.57 Å². The van der Waals surface area contributed by atoms with E-state index in [9.17, 15) is 5.11 Å². The predicted octanol–water partition coefficient (Wildman–Crippen LogP) is 11.7. The maximum Gasteiger partial charge on any atom is 0.0729 e. The molecule has 2 rings (SSSR count). The van der Waals surface area contributed by atoms with Gasteiger partial charge in [-0.3, -0.25) is 0 Å². The van der Waals surface area contributed by atoms with Crippen LogP contribution in [0.2, 0.25) is 0 Å². The highest BCUT2D eigenvalue weighted by Crippen LogP contribution is 2.42. The summed E-state index contributed by atoms with van der Waals surface area (Å²) in [5, 5.41) is 10.1. The van der Waals surface area contributed by atoms with Crippen LogP contribution in [0.1, 0.15) is 108 Å². The van der Waals surface area contributed by atoms with Gasteiger partial charge in [0.2, 0.25) is 0 Å². The quantitative estimate of drug-likeness (QED) is 0.199. The maximum absolute atomic E-state index is 10.1. The molecular weight excluding hydrogens is 496 g/mol. The van der Waals surface area contributed by atoms with E-state index in [4.69, 9.17) is 0 Å². The van der Waals surface area contributed by atoms with E-state index in [-0.39, 0.29) is 16.9 Å². The smallest absolute Gasteiger partial charge is 0.0729 e. The monoisotopic (exact) mass is 554 g/mol. The van der Waals surface area contributed by atoms with Crippen molar-refractivity contribution in [1.29, 1.82) is 0 Å². The fourth-order valence-corrected chi connectivity index (χ4v) is 6.20. The van der Waals surface area contributed by atoms with E-state index < -0.39 is 0 Å². The molecule has 41 heavy (non-hydrogen) atoms. The van der Waals surface area contributed by atoms with Crippen molar-refractivity contribution in [3.8, 4) is 0 Å². The second-order valence-corrected chi connectivity index (χ2v) is 13.8. The van der Waals surface area contributed by atoms with Gasteiger partial charge in [0, 0.05) is 5.92 Å². The van der Waals surface area contributed by atoms with E-state index in [2.05, 4.69) is 142 Å². The number of aliphatic hydroxyl groups excluding tert-OH is 1. The number of allylic oxidation sites excluding steroid dienone is 19. The van der Waals surface area contributed by atoms with Crippen LogP contribution in [-0.2, 0) is 0 Å². The number of aliphatic hydroxyl groups is 1. The summed E-state index contributed by atoms with van der Waals surface area (Å²) >= 11 is 0. The second-order valence-electron chi connectivity index (χ2n) is 13.8. The fraction of sp³-hybridized carbons (Fsp3) is 0.500. The Bertz CT molecular complexity index is 1190. The average molecular weight is 555 g/mol. The van der Waals surface area contributed by atoms with Crippen molar-refractivity contribution < 1.29 is 5.11 Å². The van der Waals surface area contributed by atoms with Crippen LogP contribution in [0.4, 0.5) is 0 Å². The van der Waals surface area contributed by atoms with Gasteiger partial charge in [-0.05, 0) is 96.5 Å². The first-order valence-electron chi connectivity index (χ1n) is 15.7. The number of hydrogen-bond acceptors (Lipinski definition) is 1. The molecule has 1 nitrogen and oxygen atoms in total. The van der Waals surface area contributed by atoms with Gasteiger partial charge >= 0.3 is 0 Å². The third-order valence-electron chi connectivity index (χ3n) is 8.70. The van der Waals surface area contributed by atoms with E-state index in [1.807, 2.05) is 6.08 Å². The Morgan fingerprint density at radius 1 is 0.878 bits per heavy atom. The van der Waals surface area contributed by atoms with Crippen LogP contribution in [0.25, 0.3) is 0 Å². The first-order valence-corrected chi connectivity index (χ1v) is 15.7. The topological polar surface area (TPSA) is 20.2 Å². The third-order valence-corrected chi connectivity index (χ3v) is 8.70. The van der Waals surface area contributed by atoms with E-state index in [1.165, 1.54) is 52.7 Å². The van der Waals surface area contributed by atoms with Crippen molar-refractivity contribution in [3.05, 3.63) is 118 Å². The van der Waals surface area contributed by atoms with E-state index >= 15 is 0 Å². The molecule has 0 aromatic heterocycles. The molecule has 0 unspecified atom stereocenters. The summed E-state index contributed by atoms with van der Waals surface area (Å²) in [7, 11) is 0. The van der Waals surface area contributed by atoms with Crippen LogP contribution >= 0.6 is 0 Å². The minimum Gasteiger partial charge on any atom is -0.389 e. The Kier molecular flexibility index (Phi) is 13.6. The zero-order valence-electron chi connectivity index (χ0n) is 27.9. The molecular formula is C40H58O. The Morgan fingerprint density at radius 2 is 1.54 bits per heavy atom. The van der Waals surface area contributed by atoms with Gasteiger partial charge in [0.1, 0.15) is 0 Å². The normalized spacial score (nSPS) is 24.9. The zero-order chi connectivity index (χ0) is 30.6. The molecule has 1 heteroatoms. The first kappa shape index (κ1) is 34.6. The van der Waals surface area contributed by atoms with E-state index in [0.717, 1.165) is 19.3 Å². The summed E-state index contributed by atoms with van der Waals surface area (Å²) in [6.45, 7) is 22.4. The lowest BCUT2D eigenvalue weighted by Crippen LogP contribution is -2.32. The lowest BCUT2D eigenvalue weighted by molar-refractivity contribution is 0.117. The largest absolute Gasteiger partial charge is 0.389 e. The highest BCUT2D eigenvalue weighted by molar-refractivity contribution is 5.37. The molecule has 0 saturated heterocycles. The molecule has 0 heterocycles. The molecule has 0 bridgehead atoms. The van der Waals surface area contributed by atoms with Gasteiger partial charge in [-0.15, -0.1) is 0 Å². The van der Waals surface area contributed by atoms with Gasteiger partial charge < -0.3 is 5.11 Å². The fourth-order valence-electron chi connectivity index (χ4n) is 6.20. The van der Waals surface area contributed by atoms with Crippen LogP contribution in [0, 0.1) is 16.7 Å². The zero-order valence-corrected chi connectivity index (χ0v) is 27.9. The van der Waals surface area contributed by atoms with Crippen LogP contribution in [-0.4, -0.2) is 11.2 Å². The summed E-state index contributed by atoms with van der Waals surface area (Å²) in [5.41, 5.74) is 9.90. The van der Waals surface area contributed by atoms with Crippen molar-refractivity contribution in [2.75, 3.05) is 0 Å². The highest BCUT2D eigenvalue weighted by atomic mass is 16.3. The molecule has 0 spiro atoms. The molecule has 2 aliphatic rings. The van der Waals surface area contributed by atoms with Crippen molar-refractivity contribution in [2.24, 2.45) is 16.7 Å². The Hall–Kier alpha value is -2.64. The molecule has 0 aliphatic heterocycles. The van der Waals surface area contributed by atoms with Gasteiger partial charge in [0.05, 0.1) is 6.10 Å². The molecule has 0 aromatic carbocycles. The maximum atomic E-state index is 10.1. The minimum absolute atomic E-state index is 0.0829. The molecule has 224 valence electrons. The van der Waals surface area contributed by atoms with Crippen molar-refractivity contribution in [3.63, 3.8) is 0 Å². The van der Waals surface area contributed by atoms with Gasteiger partial charge in [-0.1, -0.05) is 140 Å². The molecule has 2 aliphatic carbocycles. The lowest BCUT2D eigenvalue weighted by atomic mass is 9.67. The Labute approximate surface area is 253 Å².